The van der Waals surface area contributed by atoms with E-state index in [0.717, 1.165) is 40.4 Å². The number of halogens is 1. The molecule has 34 heavy (non-hydrogen) atoms. The molecule has 0 aliphatic heterocycles. The number of ether oxygens (including phenoxy) is 1. The van der Waals surface area contributed by atoms with Crippen LogP contribution < -0.4 is 4.74 Å². The molecule has 1 fully saturated rings. The van der Waals surface area contributed by atoms with Crippen molar-refractivity contribution < 1.29 is 13.9 Å². The van der Waals surface area contributed by atoms with Gasteiger partial charge in [-0.1, -0.05) is 23.7 Å². The highest BCUT2D eigenvalue weighted by molar-refractivity contribution is 7.13. The summed E-state index contributed by atoms with van der Waals surface area (Å²) in [4.78, 5) is 19.7. The van der Waals surface area contributed by atoms with E-state index in [-0.39, 0.29) is 24.9 Å². The van der Waals surface area contributed by atoms with Gasteiger partial charge in [0, 0.05) is 22.0 Å². The molecule has 0 radical (unpaired) electrons. The van der Waals surface area contributed by atoms with Crippen LogP contribution in [0.4, 0.5) is 0 Å². The van der Waals surface area contributed by atoms with Crippen molar-refractivity contribution in [1.82, 2.24) is 20.1 Å². The molecule has 1 amide bonds. The summed E-state index contributed by atoms with van der Waals surface area (Å²) in [5.74, 6) is 1.62. The monoisotopic (exact) mass is 494 g/mol. The highest BCUT2D eigenvalue weighted by Crippen LogP contribution is 2.33. The molecule has 0 unspecified atom stereocenters. The van der Waals surface area contributed by atoms with E-state index in [1.807, 2.05) is 53.6 Å². The van der Waals surface area contributed by atoms with Crippen LogP contribution in [0.2, 0.25) is 5.02 Å². The van der Waals surface area contributed by atoms with Crippen LogP contribution in [0.3, 0.4) is 0 Å². The summed E-state index contributed by atoms with van der Waals surface area (Å²) in [7, 11) is 0. The summed E-state index contributed by atoms with van der Waals surface area (Å²) >= 11 is 7.47. The van der Waals surface area contributed by atoms with Crippen molar-refractivity contribution in [3.05, 3.63) is 70.5 Å². The third-order valence-electron chi connectivity index (χ3n) is 5.47. The number of aromatic nitrogens is 3. The van der Waals surface area contributed by atoms with E-state index >= 15 is 0 Å². The molecule has 1 saturated carbocycles. The number of carbonyl (C=O) groups is 1. The van der Waals surface area contributed by atoms with Gasteiger partial charge >= 0.3 is 0 Å². The molecule has 174 valence electrons. The van der Waals surface area contributed by atoms with Crippen LogP contribution in [0.5, 0.6) is 5.75 Å². The van der Waals surface area contributed by atoms with Gasteiger partial charge in [0.15, 0.2) is 0 Å². The third-order valence-corrected chi connectivity index (χ3v) is 6.65. The quantitative estimate of drug-likeness (QED) is 0.299. The van der Waals surface area contributed by atoms with Crippen LogP contribution in [0, 0.1) is 0 Å². The Balaban J connectivity index is 1.28. The molecule has 2 heterocycles. The average molecular weight is 495 g/mol. The molecule has 2 aromatic heterocycles. The molecular formula is C25H23ClN4O3S. The number of para-hydroxylation sites is 1. The van der Waals surface area contributed by atoms with E-state index in [1.165, 1.54) is 11.3 Å². The first-order valence-electron chi connectivity index (χ1n) is 11.1. The summed E-state index contributed by atoms with van der Waals surface area (Å²) in [5, 5.41) is 11.7. The van der Waals surface area contributed by atoms with E-state index in [4.69, 9.17) is 25.7 Å². The number of benzene rings is 2. The molecule has 0 saturated heterocycles. The molecule has 0 N–H and O–H groups in total. The highest BCUT2D eigenvalue weighted by Gasteiger charge is 2.34. The van der Waals surface area contributed by atoms with Crippen molar-refractivity contribution in [2.24, 2.45) is 0 Å². The first kappa shape index (κ1) is 22.6. The van der Waals surface area contributed by atoms with Gasteiger partial charge in [-0.25, -0.2) is 4.98 Å². The fourth-order valence-corrected chi connectivity index (χ4v) is 4.65. The van der Waals surface area contributed by atoms with Gasteiger partial charge in [0.1, 0.15) is 10.8 Å². The second-order valence-electron chi connectivity index (χ2n) is 8.01. The smallest absolute Gasteiger partial charge is 0.247 e. The number of thiazole rings is 1. The lowest BCUT2D eigenvalue weighted by molar-refractivity contribution is -0.132. The Kier molecular flexibility index (Phi) is 6.60. The summed E-state index contributed by atoms with van der Waals surface area (Å²) in [5.41, 5.74) is 2.47. The van der Waals surface area contributed by atoms with Gasteiger partial charge in [-0.2, -0.15) is 0 Å². The first-order valence-corrected chi connectivity index (χ1v) is 12.4. The maximum atomic E-state index is 13.2. The molecule has 0 atom stereocenters. The van der Waals surface area contributed by atoms with Gasteiger partial charge in [0.05, 0.1) is 30.8 Å². The van der Waals surface area contributed by atoms with Crippen molar-refractivity contribution >= 4 is 28.8 Å². The molecule has 5 rings (SSSR count). The van der Waals surface area contributed by atoms with Crippen molar-refractivity contribution in [2.75, 3.05) is 6.61 Å². The number of nitrogens with zero attached hydrogens (tertiary/aromatic N) is 4. The zero-order chi connectivity index (χ0) is 23.5. The lowest BCUT2D eigenvalue weighted by Crippen LogP contribution is -2.34. The van der Waals surface area contributed by atoms with E-state index in [9.17, 15) is 4.79 Å². The minimum absolute atomic E-state index is 0.00341. The maximum Gasteiger partial charge on any atom is 0.247 e. The van der Waals surface area contributed by atoms with Gasteiger partial charge in [-0.15, -0.1) is 21.5 Å². The van der Waals surface area contributed by atoms with Crippen LogP contribution in [0.15, 0.2) is 58.3 Å². The summed E-state index contributed by atoms with van der Waals surface area (Å²) < 4.78 is 11.6. The second kappa shape index (κ2) is 9.95. The normalized spacial score (nSPS) is 13.1. The van der Waals surface area contributed by atoms with Crippen molar-refractivity contribution in [3.8, 4) is 27.8 Å². The van der Waals surface area contributed by atoms with E-state index in [0.29, 0.717) is 23.4 Å². The van der Waals surface area contributed by atoms with Crippen LogP contribution in [0.25, 0.3) is 22.0 Å². The Labute approximate surface area is 206 Å². The largest absolute Gasteiger partial charge is 0.493 e. The Morgan fingerprint density at radius 2 is 1.97 bits per heavy atom. The SMILES string of the molecule is CCOc1ccccc1-c1nc(CC(=O)N(Cc2nnc(-c3ccc(Cl)cc3)o2)C2CC2)cs1. The van der Waals surface area contributed by atoms with Crippen LogP contribution >= 0.6 is 22.9 Å². The third kappa shape index (κ3) is 5.13. The van der Waals surface area contributed by atoms with Gasteiger partial charge < -0.3 is 14.1 Å². The van der Waals surface area contributed by atoms with E-state index in [1.54, 1.807) is 12.1 Å². The van der Waals surface area contributed by atoms with Crippen LogP contribution in [0.1, 0.15) is 31.4 Å². The molecule has 2 aromatic carbocycles. The maximum absolute atomic E-state index is 13.2. The van der Waals surface area contributed by atoms with Crippen molar-refractivity contribution in [1.29, 1.82) is 0 Å². The molecule has 9 heteroatoms. The summed E-state index contributed by atoms with van der Waals surface area (Å²) in [6, 6.07) is 15.2. The molecule has 1 aliphatic rings. The molecule has 0 spiro atoms. The van der Waals surface area contributed by atoms with Crippen molar-refractivity contribution in [3.63, 3.8) is 0 Å². The summed E-state index contributed by atoms with van der Waals surface area (Å²) in [6.45, 7) is 2.82. The van der Waals surface area contributed by atoms with E-state index < -0.39 is 0 Å². The lowest BCUT2D eigenvalue weighted by Gasteiger charge is -2.20. The minimum atomic E-state index is 0.00341. The molecule has 4 aromatic rings. The van der Waals surface area contributed by atoms with Gasteiger partial charge in [0.2, 0.25) is 17.7 Å². The van der Waals surface area contributed by atoms with Crippen LogP contribution in [-0.4, -0.2) is 38.6 Å². The van der Waals surface area contributed by atoms with Crippen LogP contribution in [-0.2, 0) is 17.8 Å². The van der Waals surface area contributed by atoms with Gasteiger partial charge in [-0.3, -0.25) is 4.79 Å². The predicted octanol–water partition coefficient (Wildman–Crippen LogP) is 5.65. The number of amides is 1. The Morgan fingerprint density at radius 3 is 2.74 bits per heavy atom. The number of carbonyl (C=O) groups excluding carboxylic acids is 1. The molecule has 0 bridgehead atoms. The lowest BCUT2D eigenvalue weighted by atomic mass is 10.2. The Bertz CT molecular complexity index is 1280. The number of hydrogen-bond acceptors (Lipinski definition) is 7. The average Bonchev–Trinajstić information content (AvgIpc) is 3.39. The molecule has 1 aliphatic carbocycles. The zero-order valence-corrected chi connectivity index (χ0v) is 20.2. The number of hydrogen-bond donors (Lipinski definition) is 0. The standard InChI is InChI=1S/C25H23ClN4O3S/c1-2-32-21-6-4-3-5-20(21)25-27-18(15-34-25)13-23(31)30(19-11-12-19)14-22-28-29-24(33-22)16-7-9-17(26)10-8-16/h3-10,15,19H,2,11-14H2,1H3. The van der Waals surface area contributed by atoms with Gasteiger partial charge in [-0.05, 0) is 56.2 Å². The zero-order valence-electron chi connectivity index (χ0n) is 18.6. The molecular weight excluding hydrogens is 472 g/mol. The Morgan fingerprint density at radius 1 is 1.18 bits per heavy atom. The van der Waals surface area contributed by atoms with E-state index in [2.05, 4.69) is 10.2 Å². The summed E-state index contributed by atoms with van der Waals surface area (Å²) in [6.07, 6.45) is 2.18. The van der Waals surface area contributed by atoms with Gasteiger partial charge in [0.25, 0.3) is 0 Å². The fourth-order valence-electron chi connectivity index (χ4n) is 3.67. The molecule has 7 nitrogen and oxygen atoms in total. The number of rotatable bonds is 9. The highest BCUT2D eigenvalue weighted by atomic mass is 35.5. The first-order chi connectivity index (χ1) is 16.6. The topological polar surface area (TPSA) is 81.4 Å². The fraction of sp³-hybridized carbons (Fsp3) is 0.280. The Hall–Kier alpha value is -3.23. The van der Waals surface area contributed by atoms with Crippen molar-refractivity contribution in [2.45, 2.75) is 38.8 Å². The minimum Gasteiger partial charge on any atom is -0.493 e. The second-order valence-corrected chi connectivity index (χ2v) is 9.31. The predicted molar refractivity (Wildman–Crippen MR) is 131 cm³/mol.